The van der Waals surface area contributed by atoms with Crippen molar-refractivity contribution in [2.24, 2.45) is 0 Å². The Labute approximate surface area is 104 Å². The van der Waals surface area contributed by atoms with Gasteiger partial charge in [0.2, 0.25) is 0 Å². The molecule has 0 aliphatic carbocycles. The van der Waals surface area contributed by atoms with E-state index in [4.69, 9.17) is 5.26 Å². The number of nitriles is 1. The first-order valence-corrected chi connectivity index (χ1v) is 5.30. The summed E-state index contributed by atoms with van der Waals surface area (Å²) < 4.78 is 1.91. The summed E-state index contributed by atoms with van der Waals surface area (Å²) >= 11 is 3.20. The van der Waals surface area contributed by atoms with Crippen LogP contribution >= 0.6 is 15.9 Å². The van der Waals surface area contributed by atoms with Gasteiger partial charge >= 0.3 is 5.69 Å². The van der Waals surface area contributed by atoms with Crippen LogP contribution in [0.4, 0.5) is 5.69 Å². The van der Waals surface area contributed by atoms with Gasteiger partial charge in [-0.1, -0.05) is 0 Å². The molecular weight excluding hydrogens is 288 g/mol. The molecule has 0 aliphatic rings. The summed E-state index contributed by atoms with van der Waals surface area (Å²) in [5, 5.41) is 19.8. The lowest BCUT2D eigenvalue weighted by molar-refractivity contribution is -0.385. The smallest absolute Gasteiger partial charge is 0.301 e. The second-order valence-corrected chi connectivity index (χ2v) is 3.98. The molecule has 2 aromatic heterocycles. The topological polar surface area (TPSA) is 84.8 Å². The predicted octanol–water partition coefficient (Wildman–Crippen LogP) is 2.41. The standard InChI is InChI=1S/C10H5BrN4O2/c11-8-5-13-6-9(15(16)17)10(8)14-3-1-2-7(14)4-12/h1-3,5-6H. The van der Waals surface area contributed by atoms with Crippen LogP contribution in [0.2, 0.25) is 0 Å². The van der Waals surface area contributed by atoms with Crippen LogP contribution < -0.4 is 0 Å². The first-order chi connectivity index (χ1) is 8.15. The fourth-order valence-corrected chi connectivity index (χ4v) is 1.97. The minimum absolute atomic E-state index is 0.160. The highest BCUT2D eigenvalue weighted by Gasteiger charge is 2.20. The normalized spacial score (nSPS) is 9.88. The first-order valence-electron chi connectivity index (χ1n) is 4.51. The summed E-state index contributed by atoms with van der Waals surface area (Å²) in [6.07, 6.45) is 4.19. The van der Waals surface area contributed by atoms with Gasteiger partial charge in [0.05, 0.1) is 9.40 Å². The van der Waals surface area contributed by atoms with E-state index in [-0.39, 0.29) is 5.69 Å². The molecule has 0 saturated carbocycles. The third-order valence-corrected chi connectivity index (χ3v) is 2.73. The Morgan fingerprint density at radius 1 is 1.53 bits per heavy atom. The van der Waals surface area contributed by atoms with Gasteiger partial charge in [-0.2, -0.15) is 5.26 Å². The third kappa shape index (κ3) is 1.90. The predicted molar refractivity (Wildman–Crippen MR) is 62.6 cm³/mol. The van der Waals surface area contributed by atoms with Gasteiger partial charge in [0.1, 0.15) is 23.6 Å². The van der Waals surface area contributed by atoms with Crippen molar-refractivity contribution in [1.29, 1.82) is 5.26 Å². The third-order valence-electron chi connectivity index (χ3n) is 2.15. The van der Waals surface area contributed by atoms with E-state index in [1.54, 1.807) is 18.3 Å². The van der Waals surface area contributed by atoms with E-state index in [9.17, 15) is 10.1 Å². The summed E-state index contributed by atoms with van der Waals surface area (Å²) in [5.41, 5.74) is 0.457. The largest absolute Gasteiger partial charge is 0.312 e. The Hall–Kier alpha value is -2.20. The molecule has 2 rings (SSSR count). The molecule has 0 amide bonds. The molecule has 17 heavy (non-hydrogen) atoms. The Kier molecular flexibility index (Phi) is 2.89. The minimum atomic E-state index is -0.533. The average Bonchev–Trinajstić information content (AvgIpc) is 2.76. The Bertz CT molecular complexity index is 629. The molecule has 84 valence electrons. The maximum absolute atomic E-state index is 10.9. The van der Waals surface area contributed by atoms with Crippen LogP contribution in [-0.2, 0) is 0 Å². The molecule has 0 atom stereocenters. The Morgan fingerprint density at radius 3 is 2.94 bits per heavy atom. The average molecular weight is 293 g/mol. The van der Waals surface area contributed by atoms with Crippen LogP contribution in [-0.4, -0.2) is 14.5 Å². The number of pyridine rings is 1. The lowest BCUT2D eigenvalue weighted by atomic mass is 10.3. The fraction of sp³-hybridized carbons (Fsp3) is 0. The number of halogens is 1. The highest BCUT2D eigenvalue weighted by atomic mass is 79.9. The molecule has 0 saturated heterocycles. The van der Waals surface area contributed by atoms with Crippen LogP contribution in [0.3, 0.4) is 0 Å². The van der Waals surface area contributed by atoms with Crippen molar-refractivity contribution in [3.05, 3.63) is 51.0 Å². The molecule has 2 heterocycles. The molecule has 2 aromatic rings. The molecule has 0 spiro atoms. The summed E-state index contributed by atoms with van der Waals surface area (Å²) in [6, 6.07) is 5.19. The molecule has 7 heteroatoms. The molecule has 0 radical (unpaired) electrons. The van der Waals surface area contributed by atoms with Crippen molar-refractivity contribution in [3.8, 4) is 11.8 Å². The number of nitro groups is 1. The van der Waals surface area contributed by atoms with E-state index >= 15 is 0 Å². The van der Waals surface area contributed by atoms with Gasteiger partial charge in [-0.15, -0.1) is 0 Å². The molecule has 0 unspecified atom stereocenters. The maximum Gasteiger partial charge on any atom is 0.312 e. The van der Waals surface area contributed by atoms with Crippen LogP contribution in [0, 0.1) is 21.4 Å². The zero-order valence-electron chi connectivity index (χ0n) is 8.37. The van der Waals surface area contributed by atoms with Crippen LogP contribution in [0.5, 0.6) is 0 Å². The number of rotatable bonds is 2. The quantitative estimate of drug-likeness (QED) is 0.628. The van der Waals surface area contributed by atoms with Gasteiger partial charge in [-0.25, -0.2) is 0 Å². The van der Waals surface area contributed by atoms with E-state index in [0.717, 1.165) is 6.20 Å². The second kappa shape index (κ2) is 4.35. The molecule has 0 N–H and O–H groups in total. The Balaban J connectivity index is 2.75. The maximum atomic E-state index is 10.9. The molecule has 0 aliphatic heterocycles. The van der Waals surface area contributed by atoms with E-state index in [1.165, 1.54) is 10.8 Å². The van der Waals surface area contributed by atoms with E-state index in [1.807, 2.05) is 6.07 Å². The van der Waals surface area contributed by atoms with E-state index < -0.39 is 4.92 Å². The monoisotopic (exact) mass is 292 g/mol. The molecule has 6 nitrogen and oxygen atoms in total. The van der Waals surface area contributed by atoms with Gasteiger partial charge in [0.25, 0.3) is 0 Å². The number of hydrogen-bond donors (Lipinski definition) is 0. The lowest BCUT2D eigenvalue weighted by Gasteiger charge is -2.07. The number of aromatic nitrogens is 2. The molecular formula is C10H5BrN4O2. The number of hydrogen-bond acceptors (Lipinski definition) is 4. The van der Waals surface area contributed by atoms with Gasteiger partial charge < -0.3 is 4.57 Å². The lowest BCUT2D eigenvalue weighted by Crippen LogP contribution is -2.02. The fourth-order valence-electron chi connectivity index (χ4n) is 1.46. The van der Waals surface area contributed by atoms with Gasteiger partial charge in [0.15, 0.2) is 0 Å². The summed E-state index contributed by atoms with van der Waals surface area (Å²) in [7, 11) is 0. The van der Waals surface area contributed by atoms with E-state index in [2.05, 4.69) is 20.9 Å². The molecule has 0 fully saturated rings. The van der Waals surface area contributed by atoms with E-state index in [0.29, 0.717) is 15.9 Å². The van der Waals surface area contributed by atoms with Gasteiger partial charge in [-0.05, 0) is 28.1 Å². The number of nitrogens with zero attached hydrogens (tertiary/aromatic N) is 4. The van der Waals surface area contributed by atoms with Crippen LogP contribution in [0.15, 0.2) is 35.2 Å². The zero-order chi connectivity index (χ0) is 12.4. The Morgan fingerprint density at radius 2 is 2.29 bits per heavy atom. The van der Waals surface area contributed by atoms with Crippen LogP contribution in [0.25, 0.3) is 5.69 Å². The molecule has 0 bridgehead atoms. The zero-order valence-corrected chi connectivity index (χ0v) is 9.96. The van der Waals surface area contributed by atoms with Crippen molar-refractivity contribution in [2.45, 2.75) is 0 Å². The van der Waals surface area contributed by atoms with Crippen molar-refractivity contribution < 1.29 is 4.92 Å². The minimum Gasteiger partial charge on any atom is -0.301 e. The highest BCUT2D eigenvalue weighted by Crippen LogP contribution is 2.30. The first kappa shape index (κ1) is 11.3. The van der Waals surface area contributed by atoms with Gasteiger partial charge in [0, 0.05) is 12.4 Å². The summed E-state index contributed by atoms with van der Waals surface area (Å²) in [5.74, 6) is 0. The van der Waals surface area contributed by atoms with Crippen molar-refractivity contribution in [2.75, 3.05) is 0 Å². The van der Waals surface area contributed by atoms with Crippen molar-refractivity contribution in [1.82, 2.24) is 9.55 Å². The summed E-state index contributed by atoms with van der Waals surface area (Å²) in [6.45, 7) is 0. The van der Waals surface area contributed by atoms with Crippen LogP contribution in [0.1, 0.15) is 5.69 Å². The van der Waals surface area contributed by atoms with Gasteiger partial charge in [-0.3, -0.25) is 15.1 Å². The summed E-state index contributed by atoms with van der Waals surface area (Å²) in [4.78, 5) is 14.1. The molecule has 0 aromatic carbocycles. The van der Waals surface area contributed by atoms with Crippen molar-refractivity contribution in [3.63, 3.8) is 0 Å². The second-order valence-electron chi connectivity index (χ2n) is 3.12. The highest BCUT2D eigenvalue weighted by molar-refractivity contribution is 9.10. The SMILES string of the molecule is N#Cc1cccn1-c1c(Br)cncc1[N+](=O)[O-]. The van der Waals surface area contributed by atoms with Crippen molar-refractivity contribution >= 4 is 21.6 Å².